The van der Waals surface area contributed by atoms with E-state index in [9.17, 15) is 18.0 Å². The largest absolute Gasteiger partial charge is 0.352 e. The van der Waals surface area contributed by atoms with Crippen molar-refractivity contribution in [3.63, 3.8) is 0 Å². The van der Waals surface area contributed by atoms with Crippen LogP contribution in [0.4, 0.5) is 0 Å². The van der Waals surface area contributed by atoms with Crippen LogP contribution in [0.2, 0.25) is 0 Å². The quantitative estimate of drug-likeness (QED) is 0.719. The number of carbonyl (C=O) groups is 2. The number of piperazine rings is 1. The van der Waals surface area contributed by atoms with Gasteiger partial charge in [-0.2, -0.15) is 4.31 Å². The van der Waals surface area contributed by atoms with Gasteiger partial charge < -0.3 is 10.2 Å². The first-order valence-corrected chi connectivity index (χ1v) is 10.1. The van der Waals surface area contributed by atoms with Crippen molar-refractivity contribution < 1.29 is 18.0 Å². The van der Waals surface area contributed by atoms with Crippen LogP contribution < -0.4 is 5.32 Å². The summed E-state index contributed by atoms with van der Waals surface area (Å²) in [5.41, 5.74) is 0.599. The van der Waals surface area contributed by atoms with Crippen molar-refractivity contribution in [2.24, 2.45) is 0 Å². The third-order valence-electron chi connectivity index (χ3n) is 4.24. The normalized spacial score (nSPS) is 15.8. The summed E-state index contributed by atoms with van der Waals surface area (Å²) in [6.07, 6.45) is 0.903. The van der Waals surface area contributed by atoms with E-state index >= 15 is 0 Å². The highest BCUT2D eigenvalue weighted by Gasteiger charge is 2.27. The van der Waals surface area contributed by atoms with E-state index in [-0.39, 0.29) is 17.6 Å². The molecular weight excluding hydrogens is 342 g/mol. The first kappa shape index (κ1) is 19.4. The lowest BCUT2D eigenvalue weighted by atomic mass is 10.2. The molecule has 7 nitrogen and oxygen atoms in total. The fraction of sp³-hybridized carbons (Fsp3) is 0.529. The van der Waals surface area contributed by atoms with Crippen LogP contribution in [0.5, 0.6) is 0 Å². The van der Waals surface area contributed by atoms with Gasteiger partial charge in [-0.1, -0.05) is 18.2 Å². The van der Waals surface area contributed by atoms with E-state index in [0.29, 0.717) is 51.1 Å². The zero-order valence-electron chi connectivity index (χ0n) is 14.5. The molecule has 8 heteroatoms. The van der Waals surface area contributed by atoms with Gasteiger partial charge in [0.1, 0.15) is 0 Å². The minimum atomic E-state index is -3.18. The van der Waals surface area contributed by atoms with Crippen molar-refractivity contribution in [2.45, 2.75) is 19.8 Å². The molecule has 0 bridgehead atoms. The summed E-state index contributed by atoms with van der Waals surface area (Å²) < 4.78 is 25.1. The fourth-order valence-corrected chi connectivity index (χ4v) is 3.77. The Balaban J connectivity index is 1.67. The van der Waals surface area contributed by atoms with E-state index in [4.69, 9.17) is 0 Å². The second-order valence-electron chi connectivity index (χ2n) is 5.91. The molecule has 1 aliphatic rings. The molecule has 0 aliphatic carbocycles. The third-order valence-corrected chi connectivity index (χ3v) is 6.12. The van der Waals surface area contributed by atoms with E-state index in [1.807, 2.05) is 6.07 Å². The van der Waals surface area contributed by atoms with Crippen LogP contribution in [-0.2, 0) is 14.8 Å². The molecule has 1 aromatic rings. The fourth-order valence-electron chi connectivity index (χ4n) is 2.69. The Hall–Kier alpha value is -1.93. The minimum absolute atomic E-state index is 0.00232. The number of amides is 2. The van der Waals surface area contributed by atoms with Gasteiger partial charge in [0.2, 0.25) is 15.9 Å². The number of nitrogens with one attached hydrogen (secondary N) is 1. The van der Waals surface area contributed by atoms with E-state index in [1.165, 1.54) is 4.31 Å². The molecule has 1 heterocycles. The number of sulfonamides is 1. The first-order valence-electron chi connectivity index (χ1n) is 8.53. The van der Waals surface area contributed by atoms with Gasteiger partial charge in [0.25, 0.3) is 5.91 Å². The van der Waals surface area contributed by atoms with Crippen molar-refractivity contribution >= 4 is 21.8 Å². The highest BCUT2D eigenvalue weighted by Crippen LogP contribution is 2.09. The third kappa shape index (κ3) is 5.54. The molecule has 1 saturated heterocycles. The first-order chi connectivity index (χ1) is 11.9. The predicted molar refractivity (Wildman–Crippen MR) is 95.6 cm³/mol. The Morgan fingerprint density at radius 1 is 1.08 bits per heavy atom. The van der Waals surface area contributed by atoms with E-state index in [2.05, 4.69) is 5.32 Å². The van der Waals surface area contributed by atoms with E-state index in [0.717, 1.165) is 0 Å². The molecule has 0 aromatic heterocycles. The molecule has 0 spiro atoms. The second-order valence-corrected chi connectivity index (χ2v) is 8.16. The number of rotatable bonds is 7. The maximum absolute atomic E-state index is 12.2. The Labute approximate surface area is 149 Å². The molecule has 25 heavy (non-hydrogen) atoms. The maximum Gasteiger partial charge on any atom is 0.251 e. The summed E-state index contributed by atoms with van der Waals surface area (Å²) in [5, 5.41) is 2.79. The van der Waals surface area contributed by atoms with E-state index < -0.39 is 10.0 Å². The van der Waals surface area contributed by atoms with Gasteiger partial charge in [-0.3, -0.25) is 9.59 Å². The Morgan fingerprint density at radius 2 is 1.72 bits per heavy atom. The molecule has 0 unspecified atom stereocenters. The van der Waals surface area contributed by atoms with Crippen molar-refractivity contribution in [3.05, 3.63) is 35.9 Å². The van der Waals surface area contributed by atoms with Crippen molar-refractivity contribution in [1.29, 1.82) is 0 Å². The van der Waals surface area contributed by atoms with Crippen molar-refractivity contribution in [3.8, 4) is 0 Å². The summed E-state index contributed by atoms with van der Waals surface area (Å²) in [7, 11) is -3.18. The zero-order valence-corrected chi connectivity index (χ0v) is 15.3. The van der Waals surface area contributed by atoms with Crippen LogP contribution in [-0.4, -0.2) is 67.9 Å². The van der Waals surface area contributed by atoms with Gasteiger partial charge in [-0.05, 0) is 25.5 Å². The SMILES string of the molecule is CCS(=O)(=O)N1CCN(C(=O)CCCNC(=O)c2ccccc2)CC1. The Morgan fingerprint density at radius 3 is 2.32 bits per heavy atom. The zero-order chi connectivity index (χ0) is 18.3. The monoisotopic (exact) mass is 367 g/mol. The predicted octanol–water partition coefficient (Wildman–Crippen LogP) is 0.691. The van der Waals surface area contributed by atoms with Crippen LogP contribution in [0.25, 0.3) is 0 Å². The molecule has 0 atom stereocenters. The summed E-state index contributed by atoms with van der Waals surface area (Å²) in [6.45, 7) is 3.61. The molecule has 1 aromatic carbocycles. The van der Waals surface area contributed by atoms with Gasteiger partial charge in [0.05, 0.1) is 5.75 Å². The summed E-state index contributed by atoms with van der Waals surface area (Å²) in [5.74, 6) is -0.0591. The highest BCUT2D eigenvalue weighted by molar-refractivity contribution is 7.89. The molecule has 2 amide bonds. The molecular formula is C17H25N3O4S. The Bertz CT molecular complexity index is 683. The lowest BCUT2D eigenvalue weighted by Gasteiger charge is -2.33. The highest BCUT2D eigenvalue weighted by atomic mass is 32.2. The summed E-state index contributed by atoms with van der Waals surface area (Å²) in [6, 6.07) is 8.93. The van der Waals surface area contributed by atoms with Crippen LogP contribution in [0.1, 0.15) is 30.1 Å². The average molecular weight is 367 g/mol. The number of nitrogens with zero attached hydrogens (tertiary/aromatic N) is 2. The lowest BCUT2D eigenvalue weighted by molar-refractivity contribution is -0.132. The Kier molecular flexibility index (Phi) is 6.95. The van der Waals surface area contributed by atoms with Crippen molar-refractivity contribution in [2.75, 3.05) is 38.5 Å². The molecule has 1 fully saturated rings. The van der Waals surface area contributed by atoms with Crippen LogP contribution in [0.15, 0.2) is 30.3 Å². The summed E-state index contributed by atoms with van der Waals surface area (Å²) >= 11 is 0. The van der Waals surface area contributed by atoms with Crippen LogP contribution >= 0.6 is 0 Å². The smallest absolute Gasteiger partial charge is 0.251 e. The van der Waals surface area contributed by atoms with Crippen molar-refractivity contribution in [1.82, 2.24) is 14.5 Å². The number of carbonyl (C=O) groups excluding carboxylic acids is 2. The van der Waals surface area contributed by atoms with Gasteiger partial charge in [-0.15, -0.1) is 0 Å². The molecule has 0 saturated carbocycles. The number of hydrogen-bond acceptors (Lipinski definition) is 4. The van der Waals surface area contributed by atoms with Gasteiger partial charge >= 0.3 is 0 Å². The molecule has 138 valence electrons. The standard InChI is InChI=1S/C17H25N3O4S/c1-2-25(23,24)20-13-11-19(12-14-20)16(21)9-6-10-18-17(22)15-7-4-3-5-8-15/h3-5,7-8H,2,6,9-14H2,1H3,(H,18,22). The molecule has 0 radical (unpaired) electrons. The maximum atomic E-state index is 12.2. The van der Waals surface area contributed by atoms with Gasteiger partial charge in [0.15, 0.2) is 0 Å². The molecule has 1 aliphatic heterocycles. The van der Waals surface area contributed by atoms with Crippen LogP contribution in [0.3, 0.4) is 0 Å². The topological polar surface area (TPSA) is 86.8 Å². The second kappa shape index (κ2) is 8.96. The van der Waals surface area contributed by atoms with E-state index in [1.54, 1.807) is 36.1 Å². The molecule has 1 N–H and O–H groups in total. The average Bonchev–Trinajstić information content (AvgIpc) is 2.65. The number of benzene rings is 1. The molecule has 2 rings (SSSR count). The number of hydrogen-bond donors (Lipinski definition) is 1. The summed E-state index contributed by atoms with van der Waals surface area (Å²) in [4.78, 5) is 25.8. The minimum Gasteiger partial charge on any atom is -0.352 e. The van der Waals surface area contributed by atoms with Crippen LogP contribution in [0, 0.1) is 0 Å². The van der Waals surface area contributed by atoms with Gasteiger partial charge in [-0.25, -0.2) is 8.42 Å². The van der Waals surface area contributed by atoms with Gasteiger partial charge in [0, 0.05) is 44.7 Å². The lowest BCUT2D eigenvalue weighted by Crippen LogP contribution is -2.50.